The van der Waals surface area contributed by atoms with E-state index in [-0.39, 0.29) is 0 Å². The van der Waals surface area contributed by atoms with Crippen molar-refractivity contribution in [3.63, 3.8) is 0 Å². The lowest BCUT2D eigenvalue weighted by atomic mass is 10.0. The zero-order chi connectivity index (χ0) is 14.5. The van der Waals surface area contributed by atoms with E-state index >= 15 is 0 Å². The third-order valence-corrected chi connectivity index (χ3v) is 4.10. The van der Waals surface area contributed by atoms with Crippen LogP contribution in [0, 0.1) is 0 Å². The maximum absolute atomic E-state index is 3.69. The molecule has 0 fully saturated rings. The average Bonchev–Trinajstić information content (AvgIpc) is 2.53. The van der Waals surface area contributed by atoms with Crippen LogP contribution in [0.1, 0.15) is 32.6 Å². The lowest BCUT2D eigenvalue weighted by molar-refractivity contribution is 0.685. The molecule has 0 heterocycles. The summed E-state index contributed by atoms with van der Waals surface area (Å²) in [7, 11) is 0. The highest BCUT2D eigenvalue weighted by Crippen LogP contribution is 2.32. The Morgan fingerprint density at radius 3 is 2.00 bits per heavy atom. The Labute approximate surface area is 127 Å². The van der Waals surface area contributed by atoms with Gasteiger partial charge in [0.05, 0.1) is 0 Å². The molecule has 108 valence electrons. The second-order valence-electron chi connectivity index (χ2n) is 5.68. The van der Waals surface area contributed by atoms with Crippen LogP contribution in [0.5, 0.6) is 0 Å². The molecule has 0 unspecified atom stereocenters. The maximum atomic E-state index is 3.69. The number of hydrogen-bond acceptors (Lipinski definition) is 1. The smallest absolute Gasteiger partial charge is 0.0499 e. The average molecular weight is 277 g/mol. The highest BCUT2D eigenvalue weighted by atomic mass is 14.9. The van der Waals surface area contributed by atoms with Gasteiger partial charge in [-0.25, -0.2) is 0 Å². The lowest BCUT2D eigenvalue weighted by Gasteiger charge is -2.13. The number of unbranched alkanes of at least 4 members (excludes halogenated alkanes) is 3. The van der Waals surface area contributed by atoms with Crippen molar-refractivity contribution < 1.29 is 0 Å². The molecular formula is C20H23N. The molecular weight excluding hydrogens is 254 g/mol. The van der Waals surface area contributed by atoms with E-state index < -0.39 is 0 Å². The largest absolute Gasteiger partial charge is 0.384 e. The van der Waals surface area contributed by atoms with Crippen LogP contribution in [-0.2, 0) is 0 Å². The van der Waals surface area contributed by atoms with Crippen molar-refractivity contribution in [3.05, 3.63) is 54.6 Å². The van der Waals surface area contributed by atoms with Gasteiger partial charge in [0.1, 0.15) is 0 Å². The fraction of sp³-hybridized carbons (Fsp3) is 0.300. The Bertz CT molecular complexity index is 676. The van der Waals surface area contributed by atoms with Gasteiger partial charge < -0.3 is 5.32 Å². The Kier molecular flexibility index (Phi) is 4.40. The number of rotatable bonds is 6. The summed E-state index contributed by atoms with van der Waals surface area (Å²) in [6, 6.07) is 19.6. The van der Waals surface area contributed by atoms with Crippen LogP contribution >= 0.6 is 0 Å². The van der Waals surface area contributed by atoms with Crippen molar-refractivity contribution in [1.29, 1.82) is 0 Å². The van der Waals surface area contributed by atoms with Crippen LogP contribution < -0.4 is 5.32 Å². The summed E-state index contributed by atoms with van der Waals surface area (Å²) in [6.45, 7) is 3.31. The third-order valence-electron chi connectivity index (χ3n) is 4.10. The Morgan fingerprint density at radius 1 is 0.762 bits per heavy atom. The van der Waals surface area contributed by atoms with E-state index in [2.05, 4.69) is 66.8 Å². The van der Waals surface area contributed by atoms with Gasteiger partial charge in [-0.05, 0) is 23.3 Å². The molecule has 1 nitrogen and oxygen atoms in total. The summed E-state index contributed by atoms with van der Waals surface area (Å²) in [5.41, 5.74) is 1.29. The molecule has 0 aliphatic heterocycles. The first kappa shape index (κ1) is 13.9. The van der Waals surface area contributed by atoms with Crippen molar-refractivity contribution in [2.75, 3.05) is 11.9 Å². The molecule has 1 heteroatoms. The van der Waals surface area contributed by atoms with E-state index in [0.29, 0.717) is 0 Å². The molecule has 0 aliphatic carbocycles. The van der Waals surface area contributed by atoms with Gasteiger partial charge in [0, 0.05) is 23.0 Å². The molecule has 0 amide bonds. The van der Waals surface area contributed by atoms with Crippen LogP contribution in [0.2, 0.25) is 0 Å². The van der Waals surface area contributed by atoms with Gasteiger partial charge in [0.2, 0.25) is 0 Å². The standard InChI is InChI=1S/C20H23N/c1-2-3-4-9-14-21-20-18-12-7-5-10-16(18)15-17-11-6-8-13-19(17)20/h5-8,10-13,15,21H,2-4,9,14H2,1H3. The van der Waals surface area contributed by atoms with E-state index in [0.717, 1.165) is 6.54 Å². The third kappa shape index (κ3) is 3.02. The number of hydrogen-bond donors (Lipinski definition) is 1. The van der Waals surface area contributed by atoms with Crippen LogP contribution in [0.15, 0.2) is 54.6 Å². The van der Waals surface area contributed by atoms with E-state index in [9.17, 15) is 0 Å². The molecule has 3 rings (SSSR count). The molecule has 0 spiro atoms. The molecule has 21 heavy (non-hydrogen) atoms. The van der Waals surface area contributed by atoms with Gasteiger partial charge in [-0.15, -0.1) is 0 Å². The minimum absolute atomic E-state index is 1.05. The number of nitrogens with one attached hydrogen (secondary N) is 1. The molecule has 0 saturated heterocycles. The number of fused-ring (bicyclic) bond motifs is 2. The predicted molar refractivity (Wildman–Crippen MR) is 94.1 cm³/mol. The lowest BCUT2D eigenvalue weighted by Crippen LogP contribution is -2.02. The summed E-state index contributed by atoms with van der Waals surface area (Å²) in [5, 5.41) is 8.97. The molecule has 0 atom stereocenters. The number of anilines is 1. The minimum atomic E-state index is 1.05. The Balaban J connectivity index is 1.96. The van der Waals surface area contributed by atoms with Crippen LogP contribution in [0.25, 0.3) is 21.5 Å². The van der Waals surface area contributed by atoms with Gasteiger partial charge in [0.25, 0.3) is 0 Å². The normalized spacial score (nSPS) is 11.1. The first-order chi connectivity index (χ1) is 10.4. The fourth-order valence-corrected chi connectivity index (χ4v) is 2.97. The summed E-state index contributed by atoms with van der Waals surface area (Å²) < 4.78 is 0. The summed E-state index contributed by atoms with van der Waals surface area (Å²) in [4.78, 5) is 0. The molecule has 0 radical (unpaired) electrons. The minimum Gasteiger partial charge on any atom is -0.384 e. The van der Waals surface area contributed by atoms with Gasteiger partial charge in [-0.2, -0.15) is 0 Å². The second-order valence-corrected chi connectivity index (χ2v) is 5.68. The first-order valence-corrected chi connectivity index (χ1v) is 8.04. The van der Waals surface area contributed by atoms with Gasteiger partial charge >= 0.3 is 0 Å². The van der Waals surface area contributed by atoms with Crippen LogP contribution in [0.4, 0.5) is 5.69 Å². The summed E-state index contributed by atoms with van der Waals surface area (Å²) >= 11 is 0. The first-order valence-electron chi connectivity index (χ1n) is 8.04. The quantitative estimate of drug-likeness (QED) is 0.431. The second kappa shape index (κ2) is 6.62. The Hall–Kier alpha value is -2.02. The highest BCUT2D eigenvalue weighted by molar-refractivity contribution is 6.10. The number of benzene rings is 3. The molecule has 1 N–H and O–H groups in total. The SMILES string of the molecule is CCCCCCNc1c2ccccc2cc2ccccc12. The monoisotopic (exact) mass is 277 g/mol. The molecule has 0 aliphatic rings. The molecule has 0 bridgehead atoms. The zero-order valence-corrected chi connectivity index (χ0v) is 12.7. The van der Waals surface area contributed by atoms with Crippen LogP contribution in [0.3, 0.4) is 0 Å². The highest BCUT2D eigenvalue weighted by Gasteiger charge is 2.06. The maximum Gasteiger partial charge on any atom is 0.0499 e. The van der Waals surface area contributed by atoms with Gasteiger partial charge in [-0.3, -0.25) is 0 Å². The topological polar surface area (TPSA) is 12.0 Å². The van der Waals surface area contributed by atoms with Gasteiger partial charge in [0.15, 0.2) is 0 Å². The Morgan fingerprint density at radius 2 is 1.38 bits per heavy atom. The van der Waals surface area contributed by atoms with E-state index in [1.165, 1.54) is 52.9 Å². The predicted octanol–water partition coefficient (Wildman–Crippen LogP) is 5.99. The van der Waals surface area contributed by atoms with E-state index in [1.54, 1.807) is 0 Å². The van der Waals surface area contributed by atoms with Crippen molar-refractivity contribution in [2.24, 2.45) is 0 Å². The van der Waals surface area contributed by atoms with Crippen molar-refractivity contribution >= 4 is 27.2 Å². The van der Waals surface area contributed by atoms with Crippen LogP contribution in [-0.4, -0.2) is 6.54 Å². The zero-order valence-electron chi connectivity index (χ0n) is 12.7. The molecule has 3 aromatic carbocycles. The van der Waals surface area contributed by atoms with Crippen molar-refractivity contribution in [2.45, 2.75) is 32.6 Å². The van der Waals surface area contributed by atoms with Gasteiger partial charge in [-0.1, -0.05) is 74.7 Å². The van der Waals surface area contributed by atoms with E-state index in [1.807, 2.05) is 0 Å². The van der Waals surface area contributed by atoms with Crippen molar-refractivity contribution in [1.82, 2.24) is 0 Å². The van der Waals surface area contributed by atoms with Crippen molar-refractivity contribution in [3.8, 4) is 0 Å². The fourth-order valence-electron chi connectivity index (χ4n) is 2.97. The summed E-state index contributed by atoms with van der Waals surface area (Å²) in [5.74, 6) is 0. The summed E-state index contributed by atoms with van der Waals surface area (Å²) in [6.07, 6.45) is 5.17. The molecule has 3 aromatic rings. The molecule has 0 aromatic heterocycles. The van der Waals surface area contributed by atoms with E-state index in [4.69, 9.17) is 0 Å². The molecule has 0 saturated carbocycles.